The van der Waals surface area contributed by atoms with Gasteiger partial charge in [-0.05, 0) is 76.8 Å². The molecule has 0 saturated carbocycles. The van der Waals surface area contributed by atoms with Crippen molar-refractivity contribution in [2.75, 3.05) is 19.7 Å². The minimum absolute atomic E-state index is 0. The van der Waals surface area contributed by atoms with Crippen molar-refractivity contribution in [1.29, 1.82) is 0 Å². The standard InChI is InChI=1S/C21H31N3O3.ClH/c1-15-5-3-6-16(2)24(15)20(25)14-27-19-10-8-17(9-11-19)21(26)23-13-18-7-4-12-22-18;/h8-11,15-16,18,22H,3-7,12-14H2,1-2H3,(H,23,26);1H. The van der Waals surface area contributed by atoms with E-state index in [0.29, 0.717) is 23.9 Å². The van der Waals surface area contributed by atoms with Crippen molar-refractivity contribution in [1.82, 2.24) is 15.5 Å². The highest BCUT2D eigenvalue weighted by molar-refractivity contribution is 5.94. The Labute approximate surface area is 173 Å². The molecule has 7 heteroatoms. The molecular weight excluding hydrogens is 378 g/mol. The van der Waals surface area contributed by atoms with E-state index in [9.17, 15) is 9.59 Å². The van der Waals surface area contributed by atoms with E-state index < -0.39 is 0 Å². The first-order chi connectivity index (χ1) is 13.0. The molecule has 6 nitrogen and oxygen atoms in total. The molecule has 2 N–H and O–H groups in total. The van der Waals surface area contributed by atoms with Gasteiger partial charge >= 0.3 is 0 Å². The molecular formula is C21H32ClN3O3. The minimum atomic E-state index is -0.0812. The Kier molecular flexibility index (Phi) is 8.58. The summed E-state index contributed by atoms with van der Waals surface area (Å²) >= 11 is 0. The van der Waals surface area contributed by atoms with Crippen LogP contribution in [0.3, 0.4) is 0 Å². The third kappa shape index (κ3) is 5.85. The number of carbonyl (C=O) groups excluding carboxylic acids is 2. The van der Waals surface area contributed by atoms with Crippen molar-refractivity contribution in [3.05, 3.63) is 29.8 Å². The molecule has 156 valence electrons. The Morgan fingerprint density at radius 2 is 1.79 bits per heavy atom. The highest BCUT2D eigenvalue weighted by Gasteiger charge is 2.29. The number of amides is 2. The smallest absolute Gasteiger partial charge is 0.260 e. The lowest BCUT2D eigenvalue weighted by Gasteiger charge is -2.38. The zero-order valence-corrected chi connectivity index (χ0v) is 17.6. The van der Waals surface area contributed by atoms with E-state index in [-0.39, 0.29) is 42.9 Å². The molecule has 0 aliphatic carbocycles. The second-order valence-electron chi connectivity index (χ2n) is 7.75. The molecule has 0 spiro atoms. The van der Waals surface area contributed by atoms with Crippen molar-refractivity contribution < 1.29 is 14.3 Å². The van der Waals surface area contributed by atoms with Crippen molar-refractivity contribution in [2.24, 2.45) is 0 Å². The summed E-state index contributed by atoms with van der Waals surface area (Å²) in [6, 6.07) is 7.89. The third-order valence-electron chi connectivity index (χ3n) is 5.63. The SMILES string of the molecule is CC1CCCC(C)N1C(=O)COc1ccc(C(=O)NCC2CCCN2)cc1.Cl. The Morgan fingerprint density at radius 1 is 1.11 bits per heavy atom. The number of likely N-dealkylation sites (tertiary alicyclic amines) is 1. The number of piperidine rings is 1. The van der Waals surface area contributed by atoms with Crippen LogP contribution in [0.1, 0.15) is 56.3 Å². The lowest BCUT2D eigenvalue weighted by Crippen LogP contribution is -2.49. The Hall–Kier alpha value is -1.79. The number of carbonyl (C=O) groups is 2. The fourth-order valence-corrected chi connectivity index (χ4v) is 4.08. The van der Waals surface area contributed by atoms with E-state index in [2.05, 4.69) is 24.5 Å². The van der Waals surface area contributed by atoms with E-state index >= 15 is 0 Å². The van der Waals surface area contributed by atoms with Gasteiger partial charge in [-0.1, -0.05) is 0 Å². The number of hydrogen-bond donors (Lipinski definition) is 2. The highest BCUT2D eigenvalue weighted by atomic mass is 35.5. The predicted molar refractivity (Wildman–Crippen MR) is 112 cm³/mol. The van der Waals surface area contributed by atoms with Crippen molar-refractivity contribution in [2.45, 2.75) is 64.1 Å². The number of halogens is 1. The van der Waals surface area contributed by atoms with Gasteiger partial charge in [0, 0.05) is 30.2 Å². The lowest BCUT2D eigenvalue weighted by atomic mass is 9.97. The Bertz CT molecular complexity index is 637. The zero-order valence-electron chi connectivity index (χ0n) is 16.8. The summed E-state index contributed by atoms with van der Waals surface area (Å²) < 4.78 is 5.66. The van der Waals surface area contributed by atoms with Gasteiger partial charge in [0.15, 0.2) is 6.61 Å². The van der Waals surface area contributed by atoms with Crippen LogP contribution in [0.15, 0.2) is 24.3 Å². The van der Waals surface area contributed by atoms with Crippen LogP contribution in [0.5, 0.6) is 5.75 Å². The van der Waals surface area contributed by atoms with E-state index in [4.69, 9.17) is 4.74 Å². The number of nitrogens with zero attached hydrogens (tertiary/aromatic N) is 1. The zero-order chi connectivity index (χ0) is 19.2. The van der Waals surface area contributed by atoms with Gasteiger partial charge in [0.05, 0.1) is 0 Å². The number of nitrogens with one attached hydrogen (secondary N) is 2. The quantitative estimate of drug-likeness (QED) is 0.757. The van der Waals surface area contributed by atoms with Gasteiger partial charge in [-0.2, -0.15) is 0 Å². The van der Waals surface area contributed by atoms with E-state index in [0.717, 1.165) is 25.8 Å². The normalized spacial score (nSPS) is 24.4. The monoisotopic (exact) mass is 409 g/mol. The highest BCUT2D eigenvalue weighted by Crippen LogP contribution is 2.23. The number of benzene rings is 1. The molecule has 2 saturated heterocycles. The van der Waals surface area contributed by atoms with Crippen molar-refractivity contribution >= 4 is 24.2 Å². The molecule has 0 bridgehead atoms. The van der Waals surface area contributed by atoms with Crippen molar-refractivity contribution in [3.63, 3.8) is 0 Å². The van der Waals surface area contributed by atoms with Crippen LogP contribution in [-0.2, 0) is 4.79 Å². The maximum absolute atomic E-state index is 12.5. The summed E-state index contributed by atoms with van der Waals surface area (Å²) in [6.45, 7) is 5.91. The molecule has 3 rings (SSSR count). The van der Waals surface area contributed by atoms with E-state index in [1.807, 2.05) is 4.90 Å². The maximum Gasteiger partial charge on any atom is 0.260 e. The van der Waals surface area contributed by atoms with Crippen LogP contribution in [-0.4, -0.2) is 54.5 Å². The van der Waals surface area contributed by atoms with Gasteiger partial charge < -0.3 is 20.3 Å². The summed E-state index contributed by atoms with van der Waals surface area (Å²) in [5.74, 6) is 0.553. The molecule has 2 heterocycles. The molecule has 2 fully saturated rings. The molecule has 1 aromatic carbocycles. The maximum atomic E-state index is 12.5. The average molecular weight is 410 g/mol. The second-order valence-corrected chi connectivity index (χ2v) is 7.75. The average Bonchev–Trinajstić information content (AvgIpc) is 3.18. The molecule has 2 aliphatic rings. The first-order valence-corrected chi connectivity index (χ1v) is 10.1. The number of hydrogen-bond acceptors (Lipinski definition) is 4. The fraction of sp³-hybridized carbons (Fsp3) is 0.619. The molecule has 3 unspecified atom stereocenters. The van der Waals surface area contributed by atoms with Gasteiger partial charge in [-0.3, -0.25) is 9.59 Å². The Morgan fingerprint density at radius 3 is 2.39 bits per heavy atom. The van der Waals surface area contributed by atoms with Crippen LogP contribution in [0.2, 0.25) is 0 Å². The lowest BCUT2D eigenvalue weighted by molar-refractivity contribution is -0.139. The summed E-state index contributed by atoms with van der Waals surface area (Å²) in [5.41, 5.74) is 0.602. The molecule has 2 aliphatic heterocycles. The fourth-order valence-electron chi connectivity index (χ4n) is 4.08. The van der Waals surface area contributed by atoms with Crippen LogP contribution >= 0.6 is 12.4 Å². The minimum Gasteiger partial charge on any atom is -0.484 e. The first kappa shape index (κ1) is 22.5. The largest absolute Gasteiger partial charge is 0.484 e. The van der Waals surface area contributed by atoms with Crippen LogP contribution < -0.4 is 15.4 Å². The molecule has 1 aromatic rings. The summed E-state index contributed by atoms with van der Waals surface area (Å²) in [5, 5.41) is 6.32. The van der Waals surface area contributed by atoms with Gasteiger partial charge in [0.1, 0.15) is 5.75 Å². The van der Waals surface area contributed by atoms with Crippen LogP contribution in [0, 0.1) is 0 Å². The van der Waals surface area contributed by atoms with Gasteiger partial charge in [-0.25, -0.2) is 0 Å². The molecule has 0 radical (unpaired) electrons. The predicted octanol–water partition coefficient (Wildman–Crippen LogP) is 2.76. The molecule has 2 amide bonds. The Balaban J connectivity index is 0.00000280. The molecule has 3 atom stereocenters. The van der Waals surface area contributed by atoms with Gasteiger partial charge in [0.25, 0.3) is 11.8 Å². The van der Waals surface area contributed by atoms with Crippen molar-refractivity contribution in [3.8, 4) is 5.75 Å². The first-order valence-electron chi connectivity index (χ1n) is 10.1. The summed E-state index contributed by atoms with van der Waals surface area (Å²) in [6.07, 6.45) is 5.55. The van der Waals surface area contributed by atoms with Crippen LogP contribution in [0.4, 0.5) is 0 Å². The molecule has 28 heavy (non-hydrogen) atoms. The third-order valence-corrected chi connectivity index (χ3v) is 5.63. The van der Waals surface area contributed by atoms with Gasteiger partial charge in [-0.15, -0.1) is 12.4 Å². The molecule has 0 aromatic heterocycles. The summed E-state index contributed by atoms with van der Waals surface area (Å²) in [4.78, 5) is 26.7. The topological polar surface area (TPSA) is 70.7 Å². The summed E-state index contributed by atoms with van der Waals surface area (Å²) in [7, 11) is 0. The van der Waals surface area contributed by atoms with Gasteiger partial charge in [0.2, 0.25) is 0 Å². The number of ether oxygens (including phenoxy) is 1. The van der Waals surface area contributed by atoms with Crippen LogP contribution in [0.25, 0.3) is 0 Å². The number of rotatable bonds is 6. The van der Waals surface area contributed by atoms with E-state index in [1.54, 1.807) is 24.3 Å². The van der Waals surface area contributed by atoms with E-state index in [1.165, 1.54) is 12.8 Å². The second kappa shape index (κ2) is 10.7.